The summed E-state index contributed by atoms with van der Waals surface area (Å²) in [6.07, 6.45) is 0. The van der Waals surface area contributed by atoms with E-state index in [1.807, 2.05) is 36.6 Å². The number of hydrogen-bond acceptors (Lipinski definition) is 7. The van der Waals surface area contributed by atoms with E-state index in [0.717, 1.165) is 10.8 Å². The maximum atomic E-state index is 12.3. The number of halogens is 1. The number of benzene rings is 2. The van der Waals surface area contributed by atoms with Gasteiger partial charge >= 0.3 is 5.97 Å². The molecule has 27 heavy (non-hydrogen) atoms. The monoisotopic (exact) mass is 403 g/mol. The topological polar surface area (TPSA) is 86.5 Å². The van der Waals surface area contributed by atoms with Crippen molar-refractivity contribution in [2.75, 3.05) is 18.2 Å². The predicted molar refractivity (Wildman–Crippen MR) is 108 cm³/mol. The fourth-order valence-corrected chi connectivity index (χ4v) is 3.18. The van der Waals surface area contributed by atoms with Crippen LogP contribution in [0.2, 0.25) is 5.02 Å². The van der Waals surface area contributed by atoms with E-state index >= 15 is 0 Å². The van der Waals surface area contributed by atoms with Gasteiger partial charge in [-0.15, -0.1) is 11.3 Å². The summed E-state index contributed by atoms with van der Waals surface area (Å²) >= 11 is 7.42. The van der Waals surface area contributed by atoms with Crippen molar-refractivity contribution in [3.63, 3.8) is 0 Å². The zero-order chi connectivity index (χ0) is 19.4. The number of nitrogens with two attached hydrogens (primary N) is 1. The number of carbonyl (C=O) groups excluding carboxylic acids is 1. The van der Waals surface area contributed by atoms with Gasteiger partial charge in [0.25, 0.3) is 0 Å². The SMILES string of the molecule is COc1cc(N)c(Cl)cc1C(=O)OCc1csc(Nc2ccc(C)cc2)n1. The summed E-state index contributed by atoms with van der Waals surface area (Å²) in [6.45, 7) is 2.07. The minimum Gasteiger partial charge on any atom is -0.496 e. The van der Waals surface area contributed by atoms with E-state index in [9.17, 15) is 4.79 Å². The van der Waals surface area contributed by atoms with Gasteiger partial charge in [0.05, 0.1) is 23.5 Å². The Labute approximate surface area is 165 Å². The first-order valence-electron chi connectivity index (χ1n) is 8.04. The molecule has 0 unspecified atom stereocenters. The molecule has 0 aliphatic rings. The molecule has 0 radical (unpaired) electrons. The summed E-state index contributed by atoms with van der Waals surface area (Å²) in [6, 6.07) is 10.9. The van der Waals surface area contributed by atoms with E-state index < -0.39 is 5.97 Å². The van der Waals surface area contributed by atoms with Crippen LogP contribution in [0.5, 0.6) is 5.75 Å². The largest absolute Gasteiger partial charge is 0.496 e. The highest BCUT2D eigenvalue weighted by atomic mass is 35.5. The Morgan fingerprint density at radius 1 is 1.30 bits per heavy atom. The fourth-order valence-electron chi connectivity index (χ4n) is 2.31. The molecule has 0 atom stereocenters. The lowest BCUT2D eigenvalue weighted by Crippen LogP contribution is -2.08. The second-order valence-corrected chi connectivity index (χ2v) is 7.05. The van der Waals surface area contributed by atoms with Crippen molar-refractivity contribution >= 4 is 45.4 Å². The first kappa shape index (κ1) is 19.0. The molecular weight excluding hydrogens is 386 g/mol. The number of rotatable bonds is 6. The minimum atomic E-state index is -0.560. The van der Waals surface area contributed by atoms with Crippen molar-refractivity contribution in [2.45, 2.75) is 13.5 Å². The van der Waals surface area contributed by atoms with Crippen molar-refractivity contribution in [1.29, 1.82) is 0 Å². The first-order valence-corrected chi connectivity index (χ1v) is 9.30. The normalized spacial score (nSPS) is 10.5. The number of hydrogen-bond donors (Lipinski definition) is 2. The van der Waals surface area contributed by atoms with Crippen molar-refractivity contribution in [3.05, 3.63) is 63.6 Å². The summed E-state index contributed by atoms with van der Waals surface area (Å²) in [5.74, 6) is -0.253. The Morgan fingerprint density at radius 2 is 2.04 bits per heavy atom. The minimum absolute atomic E-state index is 0.0378. The van der Waals surface area contributed by atoms with E-state index in [4.69, 9.17) is 26.8 Å². The first-order chi connectivity index (χ1) is 13.0. The van der Waals surface area contributed by atoms with Gasteiger partial charge in [-0.25, -0.2) is 9.78 Å². The molecule has 0 saturated heterocycles. The highest BCUT2D eigenvalue weighted by molar-refractivity contribution is 7.13. The summed E-state index contributed by atoms with van der Waals surface area (Å²) in [7, 11) is 1.45. The molecule has 0 amide bonds. The molecule has 0 aliphatic carbocycles. The van der Waals surface area contributed by atoms with E-state index in [2.05, 4.69) is 10.3 Å². The quantitative estimate of drug-likeness (QED) is 0.454. The van der Waals surface area contributed by atoms with E-state index in [-0.39, 0.29) is 17.2 Å². The van der Waals surface area contributed by atoms with Gasteiger partial charge in [-0.05, 0) is 25.1 Å². The van der Waals surface area contributed by atoms with Gasteiger partial charge in [0.15, 0.2) is 5.13 Å². The lowest BCUT2D eigenvalue weighted by molar-refractivity contribution is 0.0465. The number of ether oxygens (including phenoxy) is 2. The van der Waals surface area contributed by atoms with Crippen LogP contribution < -0.4 is 15.8 Å². The third-order valence-corrected chi connectivity index (χ3v) is 4.88. The Morgan fingerprint density at radius 3 is 2.74 bits per heavy atom. The Bertz CT molecular complexity index is 957. The van der Waals surface area contributed by atoms with Crippen LogP contribution in [0, 0.1) is 6.92 Å². The van der Waals surface area contributed by atoms with Crippen molar-refractivity contribution in [2.24, 2.45) is 0 Å². The smallest absolute Gasteiger partial charge is 0.342 e. The number of esters is 1. The predicted octanol–water partition coefficient (Wildman–Crippen LogP) is 4.80. The molecule has 2 aromatic carbocycles. The number of nitrogens with one attached hydrogen (secondary N) is 1. The summed E-state index contributed by atoms with van der Waals surface area (Å²) in [5.41, 5.74) is 9.04. The number of anilines is 3. The lowest BCUT2D eigenvalue weighted by Gasteiger charge is -2.10. The molecule has 0 aliphatic heterocycles. The number of aryl methyl sites for hydroxylation is 1. The van der Waals surface area contributed by atoms with E-state index in [1.165, 1.54) is 36.1 Å². The summed E-state index contributed by atoms with van der Waals surface area (Å²) in [5, 5.41) is 6.03. The molecule has 3 aromatic rings. The fraction of sp³-hybridized carbons (Fsp3) is 0.158. The molecule has 1 aromatic heterocycles. The maximum absolute atomic E-state index is 12.3. The molecule has 0 saturated carbocycles. The molecule has 0 spiro atoms. The van der Waals surface area contributed by atoms with Gasteiger partial charge in [0, 0.05) is 17.1 Å². The molecule has 3 rings (SSSR count). The third kappa shape index (κ3) is 4.69. The molecule has 0 fully saturated rings. The standard InChI is InChI=1S/C19H18ClN3O3S/c1-11-3-5-12(6-4-11)22-19-23-13(10-27-19)9-26-18(24)14-7-15(20)16(21)8-17(14)25-2/h3-8,10H,9,21H2,1-2H3,(H,22,23). The van der Waals surface area contributed by atoms with Crippen LogP contribution in [0.3, 0.4) is 0 Å². The Balaban J connectivity index is 1.64. The number of nitrogen functional groups attached to an aromatic ring is 1. The van der Waals surface area contributed by atoms with Crippen LogP contribution in [-0.4, -0.2) is 18.1 Å². The summed E-state index contributed by atoms with van der Waals surface area (Å²) in [4.78, 5) is 16.8. The molecule has 140 valence electrons. The van der Waals surface area contributed by atoms with Crippen LogP contribution in [0.25, 0.3) is 0 Å². The van der Waals surface area contributed by atoms with Crippen molar-refractivity contribution in [1.82, 2.24) is 4.98 Å². The molecule has 6 nitrogen and oxygen atoms in total. The van der Waals surface area contributed by atoms with Crippen LogP contribution >= 0.6 is 22.9 Å². The van der Waals surface area contributed by atoms with Crippen molar-refractivity contribution in [3.8, 4) is 5.75 Å². The highest BCUT2D eigenvalue weighted by Gasteiger charge is 2.17. The average molecular weight is 404 g/mol. The highest BCUT2D eigenvalue weighted by Crippen LogP contribution is 2.29. The number of thiazole rings is 1. The second-order valence-electron chi connectivity index (χ2n) is 5.79. The van der Waals surface area contributed by atoms with Crippen LogP contribution in [0.4, 0.5) is 16.5 Å². The van der Waals surface area contributed by atoms with Crippen molar-refractivity contribution < 1.29 is 14.3 Å². The van der Waals surface area contributed by atoms with Gasteiger partial charge < -0.3 is 20.5 Å². The van der Waals surface area contributed by atoms with E-state index in [1.54, 1.807) is 0 Å². The zero-order valence-electron chi connectivity index (χ0n) is 14.8. The third-order valence-electron chi connectivity index (χ3n) is 3.74. The summed E-state index contributed by atoms with van der Waals surface area (Å²) < 4.78 is 10.5. The molecule has 8 heteroatoms. The number of methoxy groups -OCH3 is 1. The van der Waals surface area contributed by atoms with Gasteiger partial charge in [-0.1, -0.05) is 29.3 Å². The zero-order valence-corrected chi connectivity index (χ0v) is 16.4. The lowest BCUT2D eigenvalue weighted by atomic mass is 10.2. The van der Waals surface area contributed by atoms with Crippen LogP contribution in [0.15, 0.2) is 41.8 Å². The molecule has 0 bridgehead atoms. The Kier molecular flexibility index (Phi) is 5.83. The number of nitrogens with zero attached hydrogens (tertiary/aromatic N) is 1. The van der Waals surface area contributed by atoms with Crippen LogP contribution in [0.1, 0.15) is 21.6 Å². The number of carbonyl (C=O) groups is 1. The van der Waals surface area contributed by atoms with Gasteiger partial charge in [0.1, 0.15) is 17.9 Å². The van der Waals surface area contributed by atoms with Gasteiger partial charge in [-0.2, -0.15) is 0 Å². The van der Waals surface area contributed by atoms with Crippen LogP contribution in [-0.2, 0) is 11.3 Å². The van der Waals surface area contributed by atoms with E-state index in [0.29, 0.717) is 17.1 Å². The molecule has 3 N–H and O–H groups in total. The van der Waals surface area contributed by atoms with Gasteiger partial charge in [0.2, 0.25) is 0 Å². The maximum Gasteiger partial charge on any atom is 0.342 e. The van der Waals surface area contributed by atoms with Gasteiger partial charge in [-0.3, -0.25) is 0 Å². The second kappa shape index (κ2) is 8.28. The molecular formula is C19H18ClN3O3S. The average Bonchev–Trinajstić information content (AvgIpc) is 3.11. The number of aromatic nitrogens is 1. The Hall–Kier alpha value is -2.77. The molecule has 1 heterocycles.